The zero-order valence-corrected chi connectivity index (χ0v) is 19.3. The number of hydrogen-bond acceptors (Lipinski definition) is 6. The molecule has 0 radical (unpaired) electrons. The van der Waals surface area contributed by atoms with E-state index in [0.717, 1.165) is 44.3 Å². The van der Waals surface area contributed by atoms with Crippen molar-refractivity contribution in [3.8, 4) is 11.1 Å². The van der Waals surface area contributed by atoms with E-state index < -0.39 is 0 Å². The molecular weight excluding hydrogens is 438 g/mol. The number of carbonyl (C=O) groups excluding carboxylic acids is 1. The first-order valence-electron chi connectivity index (χ1n) is 10.8. The van der Waals surface area contributed by atoms with E-state index in [1.807, 2.05) is 24.4 Å². The Morgan fingerprint density at radius 1 is 1.18 bits per heavy atom. The number of rotatable bonds is 4. The van der Waals surface area contributed by atoms with Crippen molar-refractivity contribution in [2.24, 2.45) is 0 Å². The summed E-state index contributed by atoms with van der Waals surface area (Å²) < 4.78 is 0. The van der Waals surface area contributed by atoms with Crippen LogP contribution in [0, 0.1) is 6.92 Å². The van der Waals surface area contributed by atoms with Crippen LogP contribution in [0.15, 0.2) is 43.1 Å². The summed E-state index contributed by atoms with van der Waals surface area (Å²) in [4.78, 5) is 25.4. The third-order valence-corrected chi connectivity index (χ3v) is 6.47. The second-order valence-corrected chi connectivity index (χ2v) is 8.48. The van der Waals surface area contributed by atoms with E-state index in [4.69, 9.17) is 21.6 Å². The van der Waals surface area contributed by atoms with Crippen LogP contribution in [0.25, 0.3) is 32.9 Å². The van der Waals surface area contributed by atoms with Gasteiger partial charge in [-0.25, -0.2) is 4.98 Å². The number of aromatic amines is 1. The van der Waals surface area contributed by atoms with Crippen molar-refractivity contribution >= 4 is 51.1 Å². The molecule has 2 aromatic carbocycles. The highest BCUT2D eigenvalue weighted by Gasteiger charge is 2.24. The average Bonchev–Trinajstić information content (AvgIpc) is 3.32. The lowest BCUT2D eigenvalue weighted by molar-refractivity contribution is -0.126. The molecule has 0 atom stereocenters. The average molecular weight is 462 g/mol. The maximum absolute atomic E-state index is 12.0. The van der Waals surface area contributed by atoms with E-state index >= 15 is 0 Å². The van der Waals surface area contributed by atoms with Crippen LogP contribution in [0.2, 0.25) is 5.02 Å². The smallest absolute Gasteiger partial charge is 0.246 e. The Bertz CT molecular complexity index is 1390. The van der Waals surface area contributed by atoms with Crippen molar-refractivity contribution in [1.82, 2.24) is 25.1 Å². The Morgan fingerprint density at radius 2 is 1.97 bits per heavy atom. The normalized spacial score (nSPS) is 14.2. The fourth-order valence-corrected chi connectivity index (χ4v) is 4.69. The first-order chi connectivity index (χ1) is 16.0. The molecule has 1 aliphatic heterocycles. The van der Waals surface area contributed by atoms with Crippen LogP contribution in [0.1, 0.15) is 5.56 Å². The minimum Gasteiger partial charge on any atom is -0.357 e. The lowest BCUT2D eigenvalue weighted by Gasteiger charge is -2.35. The summed E-state index contributed by atoms with van der Waals surface area (Å²) in [5.74, 6) is 1.30. The Labute approximate surface area is 196 Å². The molecule has 168 valence electrons. The summed E-state index contributed by atoms with van der Waals surface area (Å²) >= 11 is 6.86. The number of piperazine rings is 1. The van der Waals surface area contributed by atoms with E-state index in [-0.39, 0.29) is 5.91 Å². The van der Waals surface area contributed by atoms with Gasteiger partial charge in [0.1, 0.15) is 5.82 Å². The minimum absolute atomic E-state index is 0.0467. The van der Waals surface area contributed by atoms with Crippen LogP contribution >= 0.6 is 11.6 Å². The molecule has 0 unspecified atom stereocenters. The molecule has 3 heterocycles. The molecule has 1 saturated heterocycles. The molecule has 1 amide bonds. The molecule has 0 spiro atoms. The van der Waals surface area contributed by atoms with Gasteiger partial charge in [0, 0.05) is 54.6 Å². The fourth-order valence-electron chi connectivity index (χ4n) is 4.43. The number of nitrogens with zero attached hydrogens (tertiary/aromatic N) is 5. The molecule has 0 aliphatic carbocycles. The van der Waals surface area contributed by atoms with Gasteiger partial charge in [-0.3, -0.25) is 9.89 Å². The zero-order valence-electron chi connectivity index (χ0n) is 18.5. The molecular formula is C24H24ClN7O. The number of aromatic nitrogens is 4. The van der Waals surface area contributed by atoms with Crippen LogP contribution in [-0.4, -0.2) is 64.2 Å². The summed E-state index contributed by atoms with van der Waals surface area (Å²) in [6.07, 6.45) is 3.19. The van der Waals surface area contributed by atoms with E-state index in [1.165, 1.54) is 6.08 Å². The third-order valence-electron chi connectivity index (χ3n) is 6.16. The zero-order chi connectivity index (χ0) is 23.1. The molecule has 9 heteroatoms. The van der Waals surface area contributed by atoms with Crippen LogP contribution in [0.3, 0.4) is 0 Å². The summed E-state index contributed by atoms with van der Waals surface area (Å²) in [6.45, 7) is 8.21. The van der Waals surface area contributed by atoms with E-state index in [9.17, 15) is 4.79 Å². The molecule has 1 aliphatic rings. The van der Waals surface area contributed by atoms with E-state index in [1.54, 1.807) is 11.9 Å². The molecule has 2 aromatic heterocycles. The van der Waals surface area contributed by atoms with Crippen LogP contribution in [0.4, 0.5) is 11.8 Å². The molecule has 0 bridgehead atoms. The Balaban J connectivity index is 1.62. The van der Waals surface area contributed by atoms with Crippen LogP contribution in [0.5, 0.6) is 0 Å². The van der Waals surface area contributed by atoms with Crippen LogP contribution in [-0.2, 0) is 4.79 Å². The van der Waals surface area contributed by atoms with Crippen molar-refractivity contribution < 1.29 is 4.79 Å². The SMILES string of the molecule is C=CC(=O)N1CCN(c2nc(NC)nc3cc(-c4c(C)ccc5[nH]ncc45)c(Cl)cc23)CC1. The number of H-pyrrole nitrogens is 1. The van der Waals surface area contributed by atoms with Gasteiger partial charge >= 0.3 is 0 Å². The molecule has 1 fully saturated rings. The number of carbonyl (C=O) groups is 1. The highest BCUT2D eigenvalue weighted by Crippen LogP contribution is 2.39. The summed E-state index contributed by atoms with van der Waals surface area (Å²) in [6, 6.07) is 8.05. The van der Waals surface area contributed by atoms with Gasteiger partial charge in [0.25, 0.3) is 0 Å². The number of benzene rings is 2. The maximum Gasteiger partial charge on any atom is 0.246 e. The van der Waals surface area contributed by atoms with Gasteiger partial charge in [-0.1, -0.05) is 24.2 Å². The van der Waals surface area contributed by atoms with Crippen molar-refractivity contribution in [2.75, 3.05) is 43.4 Å². The molecule has 33 heavy (non-hydrogen) atoms. The number of fused-ring (bicyclic) bond motifs is 2. The van der Waals surface area contributed by atoms with Crippen molar-refractivity contribution in [1.29, 1.82) is 0 Å². The predicted molar refractivity (Wildman–Crippen MR) is 133 cm³/mol. The summed E-state index contributed by atoms with van der Waals surface area (Å²) in [5, 5.41) is 12.8. The standard InChI is InChI=1S/C24H24ClN7O/c1-4-21(33)31-7-9-32(10-8-31)23-16-11-18(25)15(12-20(16)28-24(26-3)29-23)22-14(2)5-6-19-17(22)13-27-30-19/h4-6,11-13H,1,7-10H2,2-3H3,(H,27,30)(H,26,28,29). The highest BCUT2D eigenvalue weighted by atomic mass is 35.5. The second-order valence-electron chi connectivity index (χ2n) is 8.08. The fraction of sp³-hybridized carbons (Fsp3) is 0.250. The van der Waals surface area contributed by atoms with E-state index in [2.05, 4.69) is 40.0 Å². The van der Waals surface area contributed by atoms with Crippen LogP contribution < -0.4 is 10.2 Å². The highest BCUT2D eigenvalue weighted by molar-refractivity contribution is 6.35. The summed E-state index contributed by atoms with van der Waals surface area (Å²) in [7, 11) is 1.80. The molecule has 8 nitrogen and oxygen atoms in total. The Hall–Kier alpha value is -3.65. The van der Waals surface area contributed by atoms with Crippen molar-refractivity contribution in [3.63, 3.8) is 0 Å². The largest absolute Gasteiger partial charge is 0.357 e. The molecule has 5 rings (SSSR count). The van der Waals surface area contributed by atoms with Gasteiger partial charge in [0.15, 0.2) is 0 Å². The van der Waals surface area contributed by atoms with Gasteiger partial charge in [0.05, 0.1) is 17.2 Å². The second kappa shape index (κ2) is 8.37. The monoisotopic (exact) mass is 461 g/mol. The molecule has 0 saturated carbocycles. The topological polar surface area (TPSA) is 90.0 Å². The van der Waals surface area contributed by atoms with Gasteiger partial charge in [-0.05, 0) is 42.3 Å². The Morgan fingerprint density at radius 3 is 2.70 bits per heavy atom. The van der Waals surface area contributed by atoms with Gasteiger partial charge < -0.3 is 15.1 Å². The van der Waals surface area contributed by atoms with E-state index in [0.29, 0.717) is 37.1 Å². The third kappa shape index (κ3) is 3.66. The lowest BCUT2D eigenvalue weighted by atomic mass is 9.96. The quantitative estimate of drug-likeness (QED) is 0.446. The molecule has 2 N–H and O–H groups in total. The first-order valence-corrected chi connectivity index (χ1v) is 11.2. The van der Waals surface area contributed by atoms with Crippen molar-refractivity contribution in [3.05, 3.63) is 53.7 Å². The maximum atomic E-state index is 12.0. The number of amides is 1. The lowest BCUT2D eigenvalue weighted by Crippen LogP contribution is -2.48. The van der Waals surface area contributed by atoms with Crippen molar-refractivity contribution in [2.45, 2.75) is 6.92 Å². The number of nitrogens with one attached hydrogen (secondary N) is 2. The minimum atomic E-state index is -0.0467. The number of hydrogen-bond donors (Lipinski definition) is 2. The predicted octanol–water partition coefficient (Wildman–Crippen LogP) is 4.01. The Kier molecular flexibility index (Phi) is 5.38. The number of halogens is 1. The van der Waals surface area contributed by atoms with Gasteiger partial charge in [-0.2, -0.15) is 10.1 Å². The van der Waals surface area contributed by atoms with Gasteiger partial charge in [-0.15, -0.1) is 0 Å². The summed E-state index contributed by atoms with van der Waals surface area (Å²) in [5.41, 5.74) is 4.81. The molecule has 4 aromatic rings. The number of aryl methyl sites for hydroxylation is 1. The number of anilines is 2. The first kappa shape index (κ1) is 21.2. The van der Waals surface area contributed by atoms with Gasteiger partial charge in [0.2, 0.25) is 11.9 Å².